The SMILES string of the molecule is Cc1cccc(C)c1-c1cc2nc(n1)NS(=O)(=O)c1cccc(c1)C(=O)N(CC(=O)NCc1cnccn1)[C@H](CC(C)(C)C)CO2. The molecule has 4 bridgehead atoms. The lowest BCUT2D eigenvalue weighted by atomic mass is 9.87. The fourth-order valence-electron chi connectivity index (χ4n) is 5.37. The monoisotopic (exact) mass is 643 g/mol. The Hall–Kier alpha value is -4.91. The van der Waals surface area contributed by atoms with Crippen LogP contribution in [0.15, 0.2) is 72.0 Å². The smallest absolute Gasteiger partial charge is 0.264 e. The average molecular weight is 644 g/mol. The molecule has 1 atom stereocenters. The second kappa shape index (κ2) is 13.2. The topological polar surface area (TPSA) is 156 Å². The molecule has 0 aliphatic carbocycles. The van der Waals surface area contributed by atoms with Crippen LogP contribution in [0.1, 0.15) is 54.4 Å². The fraction of sp³-hybridized carbons (Fsp3) is 0.333. The third kappa shape index (κ3) is 7.83. The molecule has 1 aliphatic heterocycles. The lowest BCUT2D eigenvalue weighted by Crippen LogP contribution is -2.50. The lowest BCUT2D eigenvalue weighted by molar-refractivity contribution is -0.122. The van der Waals surface area contributed by atoms with Crippen molar-refractivity contribution < 1.29 is 22.7 Å². The van der Waals surface area contributed by atoms with E-state index in [4.69, 9.17) is 4.74 Å². The summed E-state index contributed by atoms with van der Waals surface area (Å²) >= 11 is 0. The van der Waals surface area contributed by atoms with Crippen LogP contribution in [-0.2, 0) is 21.4 Å². The summed E-state index contributed by atoms with van der Waals surface area (Å²) in [5, 5.41) is 2.80. The summed E-state index contributed by atoms with van der Waals surface area (Å²) in [7, 11) is -4.22. The highest BCUT2D eigenvalue weighted by Gasteiger charge is 2.32. The van der Waals surface area contributed by atoms with Crippen LogP contribution in [-0.4, -0.2) is 64.3 Å². The molecule has 2 N–H and O–H groups in total. The number of aryl methyl sites for hydroxylation is 2. The number of hydrogen-bond donors (Lipinski definition) is 2. The van der Waals surface area contributed by atoms with E-state index in [0.717, 1.165) is 16.7 Å². The first-order valence-corrected chi connectivity index (χ1v) is 16.3. The molecule has 4 aromatic rings. The van der Waals surface area contributed by atoms with Crippen LogP contribution in [0.4, 0.5) is 5.95 Å². The molecule has 0 saturated carbocycles. The van der Waals surface area contributed by atoms with Gasteiger partial charge in [0.15, 0.2) is 0 Å². The summed E-state index contributed by atoms with van der Waals surface area (Å²) in [6.45, 7) is 9.79. The number of anilines is 1. The Morgan fingerprint density at radius 1 is 1.07 bits per heavy atom. The van der Waals surface area contributed by atoms with E-state index in [1.165, 1.54) is 41.6 Å². The van der Waals surface area contributed by atoms with Crippen LogP contribution < -0.4 is 14.8 Å². The molecule has 13 heteroatoms. The summed E-state index contributed by atoms with van der Waals surface area (Å²) < 4.78 is 35.8. The van der Waals surface area contributed by atoms with Crippen molar-refractivity contribution in [3.8, 4) is 17.1 Å². The predicted molar refractivity (Wildman–Crippen MR) is 172 cm³/mol. The minimum atomic E-state index is -4.22. The Balaban J connectivity index is 1.59. The van der Waals surface area contributed by atoms with Gasteiger partial charge >= 0.3 is 0 Å². The summed E-state index contributed by atoms with van der Waals surface area (Å²) in [6.07, 6.45) is 5.08. The van der Waals surface area contributed by atoms with E-state index < -0.39 is 27.9 Å². The van der Waals surface area contributed by atoms with Gasteiger partial charge in [0, 0.05) is 29.6 Å². The molecule has 2 aromatic carbocycles. The Kier molecular flexibility index (Phi) is 9.33. The van der Waals surface area contributed by atoms with Crippen molar-refractivity contribution in [1.82, 2.24) is 30.2 Å². The van der Waals surface area contributed by atoms with Gasteiger partial charge in [-0.3, -0.25) is 19.6 Å². The van der Waals surface area contributed by atoms with E-state index in [2.05, 4.69) is 30.0 Å². The van der Waals surface area contributed by atoms with Crippen LogP contribution >= 0.6 is 0 Å². The van der Waals surface area contributed by atoms with Gasteiger partial charge in [-0.15, -0.1) is 0 Å². The quantitative estimate of drug-likeness (QED) is 0.313. The first-order valence-electron chi connectivity index (χ1n) is 14.8. The number of hydrogen-bond acceptors (Lipinski definition) is 9. The van der Waals surface area contributed by atoms with Gasteiger partial charge in [-0.2, -0.15) is 4.98 Å². The van der Waals surface area contributed by atoms with E-state index in [9.17, 15) is 18.0 Å². The maximum Gasteiger partial charge on any atom is 0.264 e. The zero-order valence-electron chi connectivity index (χ0n) is 26.4. The minimum Gasteiger partial charge on any atom is -0.475 e. The Bertz CT molecular complexity index is 1840. The van der Waals surface area contributed by atoms with Gasteiger partial charge in [0.05, 0.1) is 35.1 Å². The van der Waals surface area contributed by atoms with Gasteiger partial charge in [-0.1, -0.05) is 45.0 Å². The molecule has 0 spiro atoms. The highest BCUT2D eigenvalue weighted by molar-refractivity contribution is 7.92. The zero-order valence-corrected chi connectivity index (χ0v) is 27.3. The molecule has 5 rings (SSSR count). The number of nitrogens with one attached hydrogen (secondary N) is 2. The van der Waals surface area contributed by atoms with Crippen molar-refractivity contribution in [2.45, 2.75) is 58.5 Å². The normalized spacial score (nSPS) is 16.2. The van der Waals surface area contributed by atoms with Crippen molar-refractivity contribution in [3.05, 3.63) is 89.5 Å². The number of benzene rings is 2. The van der Waals surface area contributed by atoms with E-state index >= 15 is 0 Å². The number of nitrogens with zero attached hydrogens (tertiary/aromatic N) is 5. The van der Waals surface area contributed by atoms with Gasteiger partial charge in [0.1, 0.15) is 13.2 Å². The lowest BCUT2D eigenvalue weighted by Gasteiger charge is -2.35. The molecular formula is C33H37N7O5S. The Morgan fingerprint density at radius 3 is 2.50 bits per heavy atom. The number of ether oxygens (including phenoxy) is 1. The standard InChI is InChI=1S/C33H37N7O5S/c1-21-8-6-9-22(2)30(21)27-15-29-38-32(37-27)39-46(43,44)26-11-7-10-23(14-26)31(42)40(25(20-45-29)16-33(3,4)5)19-28(41)36-18-24-17-34-12-13-35-24/h6-15,17,25H,16,18-20H2,1-5H3,(H,36,41)(H,37,38,39)/t25-/m1/s1. The second-order valence-corrected chi connectivity index (χ2v) is 14.1. The minimum absolute atomic E-state index is 0.0183. The highest BCUT2D eigenvalue weighted by Crippen LogP contribution is 2.31. The largest absolute Gasteiger partial charge is 0.475 e. The molecule has 0 fully saturated rings. The first kappa shape index (κ1) is 32.5. The summed E-state index contributed by atoms with van der Waals surface area (Å²) in [4.78, 5) is 45.9. The molecule has 0 radical (unpaired) electrons. The van der Waals surface area contributed by atoms with Crippen molar-refractivity contribution in [2.75, 3.05) is 17.9 Å². The molecule has 3 heterocycles. The third-order valence-corrected chi connectivity index (χ3v) is 8.75. The van der Waals surface area contributed by atoms with Crippen LogP contribution in [0.25, 0.3) is 11.3 Å². The molecule has 2 aromatic heterocycles. The van der Waals surface area contributed by atoms with Crippen LogP contribution in [0.3, 0.4) is 0 Å². The maximum absolute atomic E-state index is 14.2. The van der Waals surface area contributed by atoms with Crippen LogP contribution in [0.2, 0.25) is 0 Å². The number of carbonyl (C=O) groups excluding carboxylic acids is 2. The average Bonchev–Trinajstić information content (AvgIpc) is 3.00. The molecule has 1 aliphatic rings. The number of amides is 2. The maximum atomic E-state index is 14.2. The molecule has 12 nitrogen and oxygen atoms in total. The molecular weight excluding hydrogens is 606 g/mol. The van der Waals surface area contributed by atoms with Gasteiger partial charge < -0.3 is 15.0 Å². The summed E-state index contributed by atoms with van der Waals surface area (Å²) in [5.41, 5.74) is 3.58. The molecule has 0 unspecified atom stereocenters. The molecule has 46 heavy (non-hydrogen) atoms. The number of rotatable bonds is 6. The van der Waals surface area contributed by atoms with Crippen molar-refractivity contribution >= 4 is 27.8 Å². The van der Waals surface area contributed by atoms with E-state index in [1.54, 1.807) is 12.3 Å². The van der Waals surface area contributed by atoms with Gasteiger partial charge in [-0.25, -0.2) is 18.1 Å². The summed E-state index contributed by atoms with van der Waals surface area (Å²) in [5.74, 6) is -0.986. The Labute approximate surface area is 268 Å². The highest BCUT2D eigenvalue weighted by atomic mass is 32.2. The second-order valence-electron chi connectivity index (χ2n) is 12.5. The van der Waals surface area contributed by atoms with Gasteiger partial charge in [0.2, 0.25) is 17.7 Å². The van der Waals surface area contributed by atoms with Gasteiger partial charge in [-0.05, 0) is 55.0 Å². The fourth-order valence-corrected chi connectivity index (χ4v) is 6.36. The van der Waals surface area contributed by atoms with Crippen LogP contribution in [0.5, 0.6) is 5.88 Å². The van der Waals surface area contributed by atoms with Crippen molar-refractivity contribution in [1.29, 1.82) is 0 Å². The third-order valence-electron chi connectivity index (χ3n) is 7.43. The summed E-state index contributed by atoms with van der Waals surface area (Å²) in [6, 6.07) is 12.6. The van der Waals surface area contributed by atoms with Crippen molar-refractivity contribution in [3.63, 3.8) is 0 Å². The number of fused-ring (bicyclic) bond motifs is 4. The Morgan fingerprint density at radius 2 is 1.80 bits per heavy atom. The first-order chi connectivity index (χ1) is 21.8. The van der Waals surface area contributed by atoms with Gasteiger partial charge in [0.25, 0.3) is 15.9 Å². The predicted octanol–water partition coefficient (Wildman–Crippen LogP) is 4.31. The van der Waals surface area contributed by atoms with Crippen LogP contribution in [0, 0.1) is 19.3 Å². The number of aromatic nitrogens is 4. The zero-order chi connectivity index (χ0) is 33.1. The number of sulfonamides is 1. The molecule has 0 saturated heterocycles. The number of carbonyl (C=O) groups is 2. The molecule has 2 amide bonds. The molecule has 240 valence electrons. The van der Waals surface area contributed by atoms with E-state index in [-0.39, 0.29) is 47.4 Å². The van der Waals surface area contributed by atoms with E-state index in [0.29, 0.717) is 17.8 Å². The van der Waals surface area contributed by atoms with E-state index in [1.807, 2.05) is 52.8 Å². The van der Waals surface area contributed by atoms with Crippen molar-refractivity contribution in [2.24, 2.45) is 5.41 Å².